The van der Waals surface area contributed by atoms with Gasteiger partial charge in [-0.2, -0.15) is 0 Å². The van der Waals surface area contributed by atoms with E-state index < -0.39 is 0 Å². The largest absolute Gasteiger partial charge is 0.400 e. The highest BCUT2D eigenvalue weighted by atomic mass is 16.2. The van der Waals surface area contributed by atoms with Crippen LogP contribution >= 0.6 is 0 Å². The van der Waals surface area contributed by atoms with Crippen molar-refractivity contribution in [3.8, 4) is 22.5 Å². The molecule has 3 N–H and O–H groups in total. The van der Waals surface area contributed by atoms with Gasteiger partial charge in [0.25, 0.3) is 0 Å². The molecule has 6 rings (SSSR count). The lowest BCUT2D eigenvalue weighted by atomic mass is 10.1. The second kappa shape index (κ2) is 10.6. The summed E-state index contributed by atoms with van der Waals surface area (Å²) < 4.78 is 1.92. The smallest absolute Gasteiger partial charge is 0.183 e. The van der Waals surface area contributed by atoms with Crippen molar-refractivity contribution >= 4 is 23.8 Å². The number of pyridine rings is 1. The number of hydrogen-bond donors (Lipinski definition) is 2. The summed E-state index contributed by atoms with van der Waals surface area (Å²) in [6, 6.07) is 22.9. The Bertz CT molecular complexity index is 1410. The molecule has 0 atom stereocenters. The normalized spacial score (nSPS) is 11.8. The number of carbonyl (C=O) groups excluding carboxylic acids is 1. The standard InChI is InChI=1S/C25H20N6.CH4O.CH2O/c26-21-12-20(13-27-14-21)24-28-25(30-15-18-8-4-5-9-19(18)16-30)23-22(10-11-31(23)29-24)17-6-2-1-3-7-17;2*1-2/h1-14H,15-16,26H2;2H,1H3;1H2. The summed E-state index contributed by atoms with van der Waals surface area (Å²) in [5, 5.41) is 11.8. The molecule has 0 fully saturated rings. The average molecular weight is 467 g/mol. The molecule has 176 valence electrons. The van der Waals surface area contributed by atoms with Crippen LogP contribution in [0.5, 0.6) is 0 Å². The number of nitrogens with zero attached hydrogens (tertiary/aromatic N) is 5. The second-order valence-corrected chi connectivity index (χ2v) is 7.78. The van der Waals surface area contributed by atoms with Crippen molar-refractivity contribution in [1.82, 2.24) is 19.6 Å². The van der Waals surface area contributed by atoms with Gasteiger partial charge in [0.1, 0.15) is 12.3 Å². The molecule has 8 heteroatoms. The van der Waals surface area contributed by atoms with Crippen LogP contribution in [0.25, 0.3) is 28.0 Å². The molecule has 0 spiro atoms. The number of fused-ring (bicyclic) bond motifs is 2. The van der Waals surface area contributed by atoms with Gasteiger partial charge in [-0.25, -0.2) is 9.50 Å². The zero-order chi connectivity index (χ0) is 24.8. The number of hydrogen-bond acceptors (Lipinski definition) is 7. The predicted molar refractivity (Wildman–Crippen MR) is 138 cm³/mol. The maximum atomic E-state index is 8.00. The van der Waals surface area contributed by atoms with Gasteiger partial charge in [0.2, 0.25) is 0 Å². The topological polar surface area (TPSA) is 110 Å². The predicted octanol–water partition coefficient (Wildman–Crippen LogP) is 3.98. The molecule has 0 unspecified atom stereocenters. The molecule has 35 heavy (non-hydrogen) atoms. The van der Waals surface area contributed by atoms with Crippen LogP contribution in [0.15, 0.2) is 85.3 Å². The van der Waals surface area contributed by atoms with Crippen LogP contribution in [-0.4, -0.2) is 38.6 Å². The Morgan fingerprint density at radius 1 is 0.886 bits per heavy atom. The fourth-order valence-corrected chi connectivity index (χ4v) is 4.26. The van der Waals surface area contributed by atoms with Crippen molar-refractivity contribution in [3.63, 3.8) is 0 Å². The van der Waals surface area contributed by atoms with Crippen LogP contribution in [0.4, 0.5) is 11.5 Å². The summed E-state index contributed by atoms with van der Waals surface area (Å²) in [5.74, 6) is 1.51. The van der Waals surface area contributed by atoms with E-state index in [1.165, 1.54) is 11.1 Å². The molecule has 0 radical (unpaired) electrons. The van der Waals surface area contributed by atoms with E-state index >= 15 is 0 Å². The molecule has 5 aromatic rings. The Labute approximate surface area is 203 Å². The molecule has 4 heterocycles. The van der Waals surface area contributed by atoms with E-state index in [9.17, 15) is 0 Å². The van der Waals surface area contributed by atoms with Crippen molar-refractivity contribution in [1.29, 1.82) is 0 Å². The number of rotatable bonds is 3. The third-order valence-electron chi connectivity index (χ3n) is 5.74. The fraction of sp³-hybridized carbons (Fsp3) is 0.111. The fourth-order valence-electron chi connectivity index (χ4n) is 4.26. The van der Waals surface area contributed by atoms with Crippen molar-refractivity contribution < 1.29 is 9.90 Å². The van der Waals surface area contributed by atoms with Crippen molar-refractivity contribution in [2.45, 2.75) is 13.1 Å². The SMILES string of the molecule is C=O.CO.Nc1cncc(-c2nc(N3Cc4ccccc4C3)c3c(-c4ccccc4)ccn3n2)c1. The summed E-state index contributed by atoms with van der Waals surface area (Å²) in [5.41, 5.74) is 13.3. The molecule has 1 aliphatic rings. The average Bonchev–Trinajstić information content (AvgIpc) is 3.55. The van der Waals surface area contributed by atoms with E-state index in [0.29, 0.717) is 11.5 Å². The first-order valence-electron chi connectivity index (χ1n) is 11.0. The molecule has 0 saturated carbocycles. The van der Waals surface area contributed by atoms with Crippen LogP contribution < -0.4 is 10.6 Å². The summed E-state index contributed by atoms with van der Waals surface area (Å²) in [4.78, 5) is 19.6. The molecular formula is C27H26N6O2. The van der Waals surface area contributed by atoms with E-state index in [0.717, 1.165) is 48.2 Å². The minimum Gasteiger partial charge on any atom is -0.400 e. The number of anilines is 2. The lowest BCUT2D eigenvalue weighted by Crippen LogP contribution is -2.18. The van der Waals surface area contributed by atoms with Gasteiger partial charge in [0.15, 0.2) is 11.6 Å². The van der Waals surface area contributed by atoms with Crippen molar-refractivity contribution in [2.24, 2.45) is 0 Å². The molecule has 2 aromatic carbocycles. The number of aromatic nitrogens is 4. The van der Waals surface area contributed by atoms with Crippen molar-refractivity contribution in [2.75, 3.05) is 17.7 Å². The van der Waals surface area contributed by atoms with E-state index in [4.69, 9.17) is 25.7 Å². The van der Waals surface area contributed by atoms with Gasteiger partial charge < -0.3 is 20.5 Å². The Balaban J connectivity index is 0.000000689. The van der Waals surface area contributed by atoms with E-state index in [1.807, 2.05) is 29.6 Å². The van der Waals surface area contributed by atoms with Gasteiger partial charge in [-0.3, -0.25) is 4.98 Å². The van der Waals surface area contributed by atoms with E-state index in [1.54, 1.807) is 12.4 Å². The van der Waals surface area contributed by atoms with Crippen LogP contribution in [0, 0.1) is 0 Å². The lowest BCUT2D eigenvalue weighted by Gasteiger charge is -2.19. The van der Waals surface area contributed by atoms with Crippen LogP contribution in [0.1, 0.15) is 11.1 Å². The monoisotopic (exact) mass is 466 g/mol. The third kappa shape index (κ3) is 4.60. The highest BCUT2D eigenvalue weighted by Crippen LogP contribution is 2.36. The number of benzene rings is 2. The first kappa shape index (κ1) is 23.6. The third-order valence-corrected chi connectivity index (χ3v) is 5.74. The lowest BCUT2D eigenvalue weighted by molar-refractivity contribution is -0.0979. The highest BCUT2D eigenvalue weighted by Gasteiger charge is 2.25. The number of nitrogen functional groups attached to an aromatic ring is 1. The summed E-state index contributed by atoms with van der Waals surface area (Å²) in [7, 11) is 1.00. The number of aliphatic hydroxyl groups excluding tert-OH is 1. The van der Waals surface area contributed by atoms with E-state index in [-0.39, 0.29) is 0 Å². The van der Waals surface area contributed by atoms with Crippen LogP contribution in [0.3, 0.4) is 0 Å². The summed E-state index contributed by atoms with van der Waals surface area (Å²) in [6.45, 7) is 3.63. The molecule has 0 amide bonds. The Morgan fingerprint density at radius 3 is 2.20 bits per heavy atom. The maximum Gasteiger partial charge on any atom is 0.183 e. The molecule has 1 aliphatic heterocycles. The van der Waals surface area contributed by atoms with Crippen LogP contribution in [-0.2, 0) is 17.9 Å². The minimum absolute atomic E-state index is 0.591. The first-order valence-corrected chi connectivity index (χ1v) is 11.0. The molecule has 3 aromatic heterocycles. The second-order valence-electron chi connectivity index (χ2n) is 7.78. The Morgan fingerprint density at radius 2 is 1.54 bits per heavy atom. The van der Waals surface area contributed by atoms with Gasteiger partial charge in [-0.15, -0.1) is 5.10 Å². The molecule has 8 nitrogen and oxygen atoms in total. The zero-order valence-electron chi connectivity index (χ0n) is 19.4. The quantitative estimate of drug-likeness (QED) is 0.414. The Kier molecular flexibility index (Phi) is 7.13. The minimum atomic E-state index is 0.591. The van der Waals surface area contributed by atoms with Gasteiger partial charge in [-0.1, -0.05) is 54.6 Å². The van der Waals surface area contributed by atoms with Gasteiger partial charge in [0, 0.05) is 49.9 Å². The van der Waals surface area contributed by atoms with Gasteiger partial charge in [0.05, 0.1) is 5.69 Å². The van der Waals surface area contributed by atoms with Gasteiger partial charge >= 0.3 is 0 Å². The van der Waals surface area contributed by atoms with Gasteiger partial charge in [-0.05, 0) is 28.8 Å². The number of nitrogens with two attached hydrogens (primary N) is 1. The summed E-state index contributed by atoms with van der Waals surface area (Å²) >= 11 is 0. The highest BCUT2D eigenvalue weighted by molar-refractivity contribution is 5.89. The van der Waals surface area contributed by atoms with E-state index in [2.05, 4.69) is 64.5 Å². The molecule has 0 bridgehead atoms. The maximum absolute atomic E-state index is 8.00. The van der Waals surface area contributed by atoms with Crippen LogP contribution in [0.2, 0.25) is 0 Å². The Hall–Kier alpha value is -4.56. The molecular weight excluding hydrogens is 440 g/mol. The first-order chi connectivity index (χ1) is 17.3. The number of aliphatic hydroxyl groups is 1. The zero-order valence-corrected chi connectivity index (χ0v) is 19.4. The molecule has 0 saturated heterocycles. The number of carbonyl (C=O) groups is 1. The molecule has 0 aliphatic carbocycles. The van der Waals surface area contributed by atoms with Crippen molar-refractivity contribution in [3.05, 3.63) is 96.4 Å². The summed E-state index contributed by atoms with van der Waals surface area (Å²) in [6.07, 6.45) is 5.38.